The van der Waals surface area contributed by atoms with E-state index in [1.54, 1.807) is 0 Å². The Balaban J connectivity index is 2.23. The second kappa shape index (κ2) is 6.11. The zero-order valence-electron chi connectivity index (χ0n) is 10.8. The van der Waals surface area contributed by atoms with Crippen LogP contribution in [0, 0.1) is 0 Å². The molecule has 108 valence electrons. The molecule has 6 nitrogen and oxygen atoms in total. The fourth-order valence-electron chi connectivity index (χ4n) is 1.98. The van der Waals surface area contributed by atoms with Crippen LogP contribution in [0.5, 0.6) is 5.75 Å². The van der Waals surface area contributed by atoms with Gasteiger partial charge in [0.25, 0.3) is 5.91 Å². The summed E-state index contributed by atoms with van der Waals surface area (Å²) in [6.45, 7) is 0.563. The van der Waals surface area contributed by atoms with Crippen LogP contribution in [0.3, 0.4) is 0 Å². The molecular formula is C13H14ClNO5. The van der Waals surface area contributed by atoms with E-state index in [1.807, 2.05) is 0 Å². The lowest BCUT2D eigenvalue weighted by molar-refractivity contribution is -0.124. The molecule has 20 heavy (non-hydrogen) atoms. The van der Waals surface area contributed by atoms with Gasteiger partial charge in [0.2, 0.25) is 0 Å². The van der Waals surface area contributed by atoms with Crippen molar-refractivity contribution in [3.05, 3.63) is 22.7 Å². The number of aromatic carboxylic acids is 1. The minimum Gasteiger partial charge on any atom is -0.496 e. The first-order chi connectivity index (χ1) is 9.52. The number of amides is 1. The van der Waals surface area contributed by atoms with Gasteiger partial charge in [-0.25, -0.2) is 4.79 Å². The molecule has 0 bridgehead atoms. The average Bonchev–Trinajstić information content (AvgIpc) is 2.94. The van der Waals surface area contributed by atoms with Gasteiger partial charge in [0, 0.05) is 12.7 Å². The van der Waals surface area contributed by atoms with Crippen molar-refractivity contribution in [3.63, 3.8) is 0 Å². The zero-order chi connectivity index (χ0) is 14.7. The lowest BCUT2D eigenvalue weighted by Gasteiger charge is -2.14. The number of halogens is 1. The van der Waals surface area contributed by atoms with E-state index in [9.17, 15) is 9.59 Å². The molecule has 0 radical (unpaired) electrons. The predicted molar refractivity (Wildman–Crippen MR) is 72.6 cm³/mol. The van der Waals surface area contributed by atoms with Gasteiger partial charge < -0.3 is 19.9 Å². The van der Waals surface area contributed by atoms with Crippen molar-refractivity contribution in [1.29, 1.82) is 0 Å². The average molecular weight is 300 g/mol. The molecule has 1 aromatic rings. The number of methoxy groups -OCH3 is 1. The Morgan fingerprint density at radius 3 is 2.80 bits per heavy atom. The minimum atomic E-state index is -1.15. The fraction of sp³-hybridized carbons (Fsp3) is 0.385. The lowest BCUT2D eigenvalue weighted by Crippen LogP contribution is -2.27. The molecule has 1 heterocycles. The molecule has 1 amide bonds. The highest BCUT2D eigenvalue weighted by Crippen LogP contribution is 2.31. The summed E-state index contributed by atoms with van der Waals surface area (Å²) in [5.41, 5.74) is 0.238. The maximum absolute atomic E-state index is 11.9. The van der Waals surface area contributed by atoms with Crippen molar-refractivity contribution in [2.45, 2.75) is 18.9 Å². The highest BCUT2D eigenvalue weighted by atomic mass is 35.5. The topological polar surface area (TPSA) is 84.9 Å². The number of carbonyl (C=O) groups is 2. The molecule has 0 unspecified atom stereocenters. The summed E-state index contributed by atoms with van der Waals surface area (Å²) in [7, 11) is 1.35. The molecule has 2 rings (SSSR count). The molecule has 1 aliphatic heterocycles. The Bertz CT molecular complexity index is 540. The Morgan fingerprint density at radius 1 is 1.50 bits per heavy atom. The number of carbonyl (C=O) groups excluding carboxylic acids is 1. The van der Waals surface area contributed by atoms with Crippen LogP contribution < -0.4 is 10.1 Å². The third kappa shape index (κ3) is 3.02. The number of hydrogen-bond acceptors (Lipinski definition) is 4. The number of ether oxygens (including phenoxy) is 2. The third-order valence-corrected chi connectivity index (χ3v) is 3.31. The van der Waals surface area contributed by atoms with Gasteiger partial charge >= 0.3 is 5.97 Å². The maximum atomic E-state index is 11.9. The number of anilines is 1. The van der Waals surface area contributed by atoms with Crippen LogP contribution >= 0.6 is 11.6 Å². The second-order valence-electron chi connectivity index (χ2n) is 4.33. The molecule has 0 aromatic heterocycles. The van der Waals surface area contributed by atoms with Crippen molar-refractivity contribution in [2.75, 3.05) is 19.0 Å². The van der Waals surface area contributed by atoms with Crippen LogP contribution in [0.4, 0.5) is 5.69 Å². The van der Waals surface area contributed by atoms with Crippen LogP contribution in [-0.4, -0.2) is 36.8 Å². The first-order valence-corrected chi connectivity index (χ1v) is 6.44. The molecule has 1 saturated heterocycles. The first-order valence-electron chi connectivity index (χ1n) is 6.06. The van der Waals surface area contributed by atoms with Crippen molar-refractivity contribution < 1.29 is 24.2 Å². The molecule has 0 saturated carbocycles. The number of carboxylic acid groups (broad SMARTS) is 1. The van der Waals surface area contributed by atoms with Gasteiger partial charge in [0.15, 0.2) is 0 Å². The van der Waals surface area contributed by atoms with Gasteiger partial charge in [-0.1, -0.05) is 11.6 Å². The molecule has 1 aromatic carbocycles. The molecule has 0 spiro atoms. The number of nitrogens with one attached hydrogen (secondary N) is 1. The van der Waals surface area contributed by atoms with Crippen molar-refractivity contribution in [1.82, 2.24) is 0 Å². The molecule has 1 fully saturated rings. The number of rotatable bonds is 4. The molecule has 7 heteroatoms. The monoisotopic (exact) mass is 299 g/mol. The number of benzene rings is 1. The van der Waals surface area contributed by atoms with Crippen LogP contribution in [0.2, 0.25) is 5.02 Å². The van der Waals surface area contributed by atoms with E-state index in [4.69, 9.17) is 26.2 Å². The van der Waals surface area contributed by atoms with Crippen molar-refractivity contribution in [2.24, 2.45) is 0 Å². The maximum Gasteiger partial charge on any atom is 0.339 e. The van der Waals surface area contributed by atoms with E-state index in [2.05, 4.69) is 5.32 Å². The summed E-state index contributed by atoms with van der Waals surface area (Å²) in [4.78, 5) is 23.0. The highest BCUT2D eigenvalue weighted by molar-refractivity contribution is 6.34. The van der Waals surface area contributed by atoms with Gasteiger partial charge in [-0.3, -0.25) is 4.79 Å². The molecule has 1 atom stereocenters. The lowest BCUT2D eigenvalue weighted by atomic mass is 10.1. The predicted octanol–water partition coefficient (Wildman–Crippen LogP) is 2.16. The Kier molecular flexibility index (Phi) is 4.46. The van der Waals surface area contributed by atoms with Gasteiger partial charge in [-0.15, -0.1) is 0 Å². The van der Waals surface area contributed by atoms with Crippen molar-refractivity contribution >= 4 is 29.2 Å². The van der Waals surface area contributed by atoms with E-state index in [1.165, 1.54) is 19.2 Å². The van der Waals surface area contributed by atoms with Crippen molar-refractivity contribution in [3.8, 4) is 5.75 Å². The Labute approximate surface area is 120 Å². The second-order valence-corrected chi connectivity index (χ2v) is 4.74. The quantitative estimate of drug-likeness (QED) is 0.890. The van der Waals surface area contributed by atoms with Gasteiger partial charge in [-0.05, 0) is 18.9 Å². The summed E-state index contributed by atoms with van der Waals surface area (Å²) in [6, 6.07) is 2.63. The summed E-state index contributed by atoms with van der Waals surface area (Å²) in [6.07, 6.45) is 1.01. The van der Waals surface area contributed by atoms with Crippen LogP contribution in [-0.2, 0) is 9.53 Å². The van der Waals surface area contributed by atoms with Gasteiger partial charge in [-0.2, -0.15) is 0 Å². The summed E-state index contributed by atoms with van der Waals surface area (Å²) >= 11 is 5.98. The Hall–Kier alpha value is -1.79. The van der Waals surface area contributed by atoms with Crippen LogP contribution in [0.1, 0.15) is 23.2 Å². The van der Waals surface area contributed by atoms with E-state index in [0.29, 0.717) is 18.7 Å². The largest absolute Gasteiger partial charge is 0.496 e. The van der Waals surface area contributed by atoms with E-state index >= 15 is 0 Å². The summed E-state index contributed by atoms with van der Waals surface area (Å²) in [5, 5.41) is 11.8. The normalized spacial score (nSPS) is 17.8. The zero-order valence-corrected chi connectivity index (χ0v) is 11.6. The molecule has 1 aliphatic rings. The van der Waals surface area contributed by atoms with E-state index in [-0.39, 0.29) is 22.2 Å². The van der Waals surface area contributed by atoms with Crippen LogP contribution in [0.15, 0.2) is 12.1 Å². The molecule has 2 N–H and O–H groups in total. The third-order valence-electron chi connectivity index (χ3n) is 3.00. The van der Waals surface area contributed by atoms with E-state index < -0.39 is 12.1 Å². The summed E-state index contributed by atoms with van der Waals surface area (Å²) in [5.74, 6) is -1.32. The highest BCUT2D eigenvalue weighted by Gasteiger charge is 2.25. The van der Waals surface area contributed by atoms with Gasteiger partial charge in [0.05, 0.1) is 17.8 Å². The van der Waals surface area contributed by atoms with Crippen LogP contribution in [0.25, 0.3) is 0 Å². The smallest absolute Gasteiger partial charge is 0.339 e. The molecule has 0 aliphatic carbocycles. The summed E-state index contributed by atoms with van der Waals surface area (Å²) < 4.78 is 10.3. The fourth-order valence-corrected chi connectivity index (χ4v) is 2.19. The SMILES string of the molecule is COc1cc(NC(=O)[C@H]2CCCO2)c(Cl)cc1C(=O)O. The number of hydrogen-bond donors (Lipinski definition) is 2. The molecular weight excluding hydrogens is 286 g/mol. The first kappa shape index (κ1) is 14.6. The minimum absolute atomic E-state index is 0.0624. The number of carboxylic acids is 1. The van der Waals surface area contributed by atoms with E-state index in [0.717, 1.165) is 6.42 Å². The van der Waals surface area contributed by atoms with Gasteiger partial charge in [0.1, 0.15) is 17.4 Å². The standard InChI is InChI=1S/C13H14ClNO5/c1-19-11-6-9(8(14)5-7(11)13(17)18)15-12(16)10-3-2-4-20-10/h5-6,10H,2-4H2,1H3,(H,15,16)(H,17,18)/t10-/m1/s1. The Morgan fingerprint density at radius 2 is 2.25 bits per heavy atom.